The highest BCUT2D eigenvalue weighted by Gasteiger charge is 2.03. The van der Waals surface area contributed by atoms with Crippen molar-refractivity contribution in [2.45, 2.75) is 6.92 Å². The van der Waals surface area contributed by atoms with Crippen LogP contribution in [0.25, 0.3) is 11.6 Å². The molecule has 2 aromatic heterocycles. The van der Waals surface area contributed by atoms with Gasteiger partial charge in [-0.1, -0.05) is 0 Å². The predicted molar refractivity (Wildman–Crippen MR) is 54.0 cm³/mol. The first-order valence-corrected chi connectivity index (χ1v) is 4.39. The molecule has 0 atom stereocenters. The molecule has 0 aliphatic heterocycles. The first-order chi connectivity index (χ1) is 7.25. The van der Waals surface area contributed by atoms with Crippen LogP contribution in [0.15, 0.2) is 35.2 Å². The molecule has 1 N–H and O–H groups in total. The van der Waals surface area contributed by atoms with E-state index in [1.165, 1.54) is 19.3 Å². The summed E-state index contributed by atoms with van der Waals surface area (Å²) in [6.45, 7) is 1.43. The molecular weight excluding hydrogens is 194 g/mol. The van der Waals surface area contributed by atoms with E-state index in [9.17, 15) is 4.79 Å². The van der Waals surface area contributed by atoms with Crippen molar-refractivity contribution in [3.63, 3.8) is 0 Å². The highest BCUT2D eigenvalue weighted by atomic mass is 16.3. The van der Waals surface area contributed by atoms with Crippen LogP contribution >= 0.6 is 0 Å². The van der Waals surface area contributed by atoms with Gasteiger partial charge in [-0.05, 0) is 12.1 Å². The number of hydrogen-bond acceptors (Lipinski definition) is 4. The predicted octanol–water partition coefficient (Wildman–Crippen LogP) is 1.69. The Labute approximate surface area is 86.2 Å². The van der Waals surface area contributed by atoms with Gasteiger partial charge < -0.3 is 9.73 Å². The Hall–Kier alpha value is -2.17. The summed E-state index contributed by atoms with van der Waals surface area (Å²) < 4.78 is 5.13. The van der Waals surface area contributed by atoms with Crippen molar-refractivity contribution in [2.75, 3.05) is 5.32 Å². The number of furan rings is 1. The van der Waals surface area contributed by atoms with Crippen LogP contribution in [-0.4, -0.2) is 15.9 Å². The van der Waals surface area contributed by atoms with E-state index >= 15 is 0 Å². The van der Waals surface area contributed by atoms with Gasteiger partial charge in [-0.2, -0.15) is 0 Å². The molecule has 0 saturated heterocycles. The second-order valence-electron chi connectivity index (χ2n) is 2.95. The molecule has 0 unspecified atom stereocenters. The van der Waals surface area contributed by atoms with Crippen LogP contribution in [0.2, 0.25) is 0 Å². The molecule has 0 bridgehead atoms. The molecule has 2 heterocycles. The van der Waals surface area contributed by atoms with Gasteiger partial charge in [0, 0.05) is 6.92 Å². The van der Waals surface area contributed by atoms with E-state index < -0.39 is 0 Å². The Morgan fingerprint density at radius 2 is 2.13 bits per heavy atom. The number of hydrogen-bond donors (Lipinski definition) is 1. The number of carbonyl (C=O) groups excluding carboxylic acids is 1. The Bertz CT molecular complexity index is 448. The Balaban J connectivity index is 2.21. The summed E-state index contributed by atoms with van der Waals surface area (Å²) in [4.78, 5) is 18.9. The fraction of sp³-hybridized carbons (Fsp3) is 0.100. The normalized spacial score (nSPS) is 9.93. The van der Waals surface area contributed by atoms with Crippen LogP contribution in [0.3, 0.4) is 0 Å². The zero-order valence-corrected chi connectivity index (χ0v) is 8.10. The van der Waals surface area contributed by atoms with Crippen LogP contribution in [0.5, 0.6) is 0 Å². The Morgan fingerprint density at radius 1 is 1.40 bits per heavy atom. The molecule has 76 valence electrons. The van der Waals surface area contributed by atoms with E-state index in [2.05, 4.69) is 15.3 Å². The summed E-state index contributed by atoms with van der Waals surface area (Å²) in [5.41, 5.74) is 0.567. The summed E-state index contributed by atoms with van der Waals surface area (Å²) in [6, 6.07) is 3.54. The van der Waals surface area contributed by atoms with Crippen molar-refractivity contribution in [2.24, 2.45) is 0 Å². The van der Waals surface area contributed by atoms with Crippen LogP contribution in [0.1, 0.15) is 6.92 Å². The summed E-state index contributed by atoms with van der Waals surface area (Å²) in [5, 5.41) is 2.58. The van der Waals surface area contributed by atoms with Gasteiger partial charge >= 0.3 is 0 Å². The third-order valence-electron chi connectivity index (χ3n) is 1.71. The molecule has 0 aliphatic carbocycles. The molecule has 5 nitrogen and oxygen atoms in total. The minimum atomic E-state index is -0.149. The van der Waals surface area contributed by atoms with Crippen molar-refractivity contribution in [3.05, 3.63) is 30.8 Å². The molecular formula is C10H9N3O2. The maximum Gasteiger partial charge on any atom is 0.221 e. The number of aromatic nitrogens is 2. The fourth-order valence-corrected chi connectivity index (χ4v) is 1.13. The number of anilines is 1. The summed E-state index contributed by atoms with van der Waals surface area (Å²) in [5.74, 6) is 0.947. The maximum atomic E-state index is 10.7. The zero-order valence-electron chi connectivity index (χ0n) is 8.10. The lowest BCUT2D eigenvalue weighted by Crippen LogP contribution is -2.06. The van der Waals surface area contributed by atoms with Gasteiger partial charge in [0.1, 0.15) is 0 Å². The molecule has 1 amide bonds. The summed E-state index contributed by atoms with van der Waals surface area (Å²) >= 11 is 0. The number of rotatable bonds is 2. The third-order valence-corrected chi connectivity index (χ3v) is 1.71. The van der Waals surface area contributed by atoms with E-state index in [4.69, 9.17) is 4.42 Å². The monoisotopic (exact) mass is 203 g/mol. The van der Waals surface area contributed by atoms with Crippen molar-refractivity contribution in [1.29, 1.82) is 0 Å². The molecule has 0 fully saturated rings. The van der Waals surface area contributed by atoms with Crippen LogP contribution in [0.4, 0.5) is 5.69 Å². The lowest BCUT2D eigenvalue weighted by Gasteiger charge is -2.00. The highest BCUT2D eigenvalue weighted by Crippen LogP contribution is 2.15. The largest absolute Gasteiger partial charge is 0.461 e. The van der Waals surface area contributed by atoms with Crippen LogP contribution in [-0.2, 0) is 4.79 Å². The second kappa shape index (κ2) is 3.91. The molecule has 5 heteroatoms. The van der Waals surface area contributed by atoms with E-state index in [1.807, 2.05) is 0 Å². The summed E-state index contributed by atoms with van der Waals surface area (Å²) in [6.07, 6.45) is 4.62. The molecule has 0 spiro atoms. The van der Waals surface area contributed by atoms with Crippen molar-refractivity contribution in [3.8, 4) is 11.6 Å². The van der Waals surface area contributed by atoms with E-state index in [1.54, 1.807) is 18.4 Å². The fourth-order valence-electron chi connectivity index (χ4n) is 1.13. The third kappa shape index (κ3) is 2.19. The number of nitrogens with one attached hydrogen (secondary N) is 1. The smallest absolute Gasteiger partial charge is 0.221 e. The van der Waals surface area contributed by atoms with Crippen molar-refractivity contribution in [1.82, 2.24) is 9.97 Å². The van der Waals surface area contributed by atoms with Crippen molar-refractivity contribution < 1.29 is 9.21 Å². The molecule has 0 radical (unpaired) electrons. The average molecular weight is 203 g/mol. The standard InChI is InChI=1S/C10H9N3O2/c1-7(14)13-8-5-11-10(12-6-8)9-3-2-4-15-9/h2-6H,1H3,(H,13,14). The van der Waals surface area contributed by atoms with Crippen LogP contribution < -0.4 is 5.32 Å². The topological polar surface area (TPSA) is 68.0 Å². The average Bonchev–Trinajstić information content (AvgIpc) is 2.71. The minimum Gasteiger partial charge on any atom is -0.461 e. The molecule has 2 rings (SSSR count). The Morgan fingerprint density at radius 3 is 2.67 bits per heavy atom. The molecule has 0 saturated carbocycles. The minimum absolute atomic E-state index is 0.149. The van der Waals surface area contributed by atoms with Gasteiger partial charge in [0.25, 0.3) is 0 Å². The molecule has 15 heavy (non-hydrogen) atoms. The first kappa shape index (κ1) is 9.39. The quantitative estimate of drug-likeness (QED) is 0.806. The maximum absolute atomic E-state index is 10.7. The lowest BCUT2D eigenvalue weighted by atomic mass is 10.4. The first-order valence-electron chi connectivity index (χ1n) is 4.39. The SMILES string of the molecule is CC(=O)Nc1cnc(-c2ccco2)nc1. The molecule has 2 aromatic rings. The molecule has 0 aliphatic rings. The number of amides is 1. The zero-order chi connectivity index (χ0) is 10.7. The van der Waals surface area contributed by atoms with Gasteiger partial charge in [0.15, 0.2) is 11.6 Å². The Kier molecular flexibility index (Phi) is 2.45. The number of nitrogens with zero attached hydrogens (tertiary/aromatic N) is 2. The van der Waals surface area contributed by atoms with Gasteiger partial charge in [-0.3, -0.25) is 4.79 Å². The van der Waals surface area contributed by atoms with Gasteiger partial charge in [-0.25, -0.2) is 9.97 Å². The molecule has 0 aromatic carbocycles. The van der Waals surface area contributed by atoms with Gasteiger partial charge in [0.2, 0.25) is 5.91 Å². The highest BCUT2D eigenvalue weighted by molar-refractivity contribution is 5.88. The van der Waals surface area contributed by atoms with Gasteiger partial charge in [0.05, 0.1) is 24.3 Å². The summed E-state index contributed by atoms with van der Waals surface area (Å²) in [7, 11) is 0. The van der Waals surface area contributed by atoms with E-state index in [0.717, 1.165) is 0 Å². The van der Waals surface area contributed by atoms with E-state index in [-0.39, 0.29) is 5.91 Å². The van der Waals surface area contributed by atoms with Gasteiger partial charge in [-0.15, -0.1) is 0 Å². The lowest BCUT2D eigenvalue weighted by molar-refractivity contribution is -0.114. The van der Waals surface area contributed by atoms with Crippen molar-refractivity contribution >= 4 is 11.6 Å². The number of carbonyl (C=O) groups is 1. The van der Waals surface area contributed by atoms with Crippen LogP contribution in [0, 0.1) is 0 Å². The van der Waals surface area contributed by atoms with E-state index in [0.29, 0.717) is 17.3 Å². The second-order valence-corrected chi connectivity index (χ2v) is 2.95.